The van der Waals surface area contributed by atoms with E-state index in [1.807, 2.05) is 42.5 Å². The van der Waals surface area contributed by atoms with Gasteiger partial charge in [-0.05, 0) is 35.9 Å². The van der Waals surface area contributed by atoms with Crippen molar-refractivity contribution in [2.75, 3.05) is 20.0 Å². The number of hydrogen-bond donors (Lipinski definition) is 2. The first-order chi connectivity index (χ1) is 11.2. The van der Waals surface area contributed by atoms with Gasteiger partial charge in [-0.1, -0.05) is 12.1 Å². The van der Waals surface area contributed by atoms with Gasteiger partial charge in [-0.2, -0.15) is 5.10 Å². The minimum atomic E-state index is 0.622. The summed E-state index contributed by atoms with van der Waals surface area (Å²) in [6.45, 7) is 0. The highest BCUT2D eigenvalue weighted by molar-refractivity contribution is 5.60. The van der Waals surface area contributed by atoms with Gasteiger partial charge in [-0.25, -0.2) is 4.98 Å². The Labute approximate surface area is 134 Å². The van der Waals surface area contributed by atoms with E-state index >= 15 is 0 Å². The van der Waals surface area contributed by atoms with Crippen molar-refractivity contribution in [3.63, 3.8) is 0 Å². The van der Waals surface area contributed by atoms with Crippen molar-refractivity contribution in [3.8, 4) is 22.9 Å². The van der Waals surface area contributed by atoms with Crippen LogP contribution in [0.15, 0.2) is 42.5 Å². The van der Waals surface area contributed by atoms with Crippen LogP contribution in [-0.2, 0) is 6.42 Å². The number of aromatic nitrogens is 3. The summed E-state index contributed by atoms with van der Waals surface area (Å²) in [6.07, 6.45) is 0.667. The summed E-state index contributed by atoms with van der Waals surface area (Å²) in [7, 11) is 3.21. The maximum Gasteiger partial charge on any atom is 0.181 e. The van der Waals surface area contributed by atoms with Crippen molar-refractivity contribution < 1.29 is 9.47 Å². The van der Waals surface area contributed by atoms with Gasteiger partial charge < -0.3 is 15.2 Å². The molecule has 6 nitrogen and oxygen atoms in total. The second-order valence-corrected chi connectivity index (χ2v) is 5.09. The zero-order chi connectivity index (χ0) is 16.2. The third-order valence-corrected chi connectivity index (χ3v) is 3.52. The number of nitrogens with two attached hydrogens (primary N) is 1. The number of ether oxygens (including phenoxy) is 2. The number of aromatic amines is 1. The molecule has 1 aromatic heterocycles. The van der Waals surface area contributed by atoms with Gasteiger partial charge in [-0.3, -0.25) is 5.10 Å². The molecule has 1 heterocycles. The SMILES string of the molecule is COc1ccc(-c2n[nH]c(Cc3ccc(N)cc3)n2)cc1OC. The Morgan fingerprint density at radius 3 is 2.43 bits per heavy atom. The fourth-order valence-corrected chi connectivity index (χ4v) is 2.31. The van der Waals surface area contributed by atoms with Crippen molar-refractivity contribution in [3.05, 3.63) is 53.9 Å². The van der Waals surface area contributed by atoms with Crippen LogP contribution in [0.4, 0.5) is 5.69 Å². The van der Waals surface area contributed by atoms with Crippen molar-refractivity contribution in [2.45, 2.75) is 6.42 Å². The van der Waals surface area contributed by atoms with E-state index in [0.29, 0.717) is 23.7 Å². The van der Waals surface area contributed by atoms with Crippen molar-refractivity contribution >= 4 is 5.69 Å². The fourth-order valence-electron chi connectivity index (χ4n) is 2.31. The lowest BCUT2D eigenvalue weighted by Gasteiger charge is -2.07. The second kappa shape index (κ2) is 6.39. The molecule has 118 valence electrons. The van der Waals surface area contributed by atoms with Crippen molar-refractivity contribution in [2.24, 2.45) is 0 Å². The van der Waals surface area contributed by atoms with Gasteiger partial charge in [0.25, 0.3) is 0 Å². The van der Waals surface area contributed by atoms with Gasteiger partial charge in [0.2, 0.25) is 0 Å². The lowest BCUT2D eigenvalue weighted by molar-refractivity contribution is 0.355. The molecule has 0 saturated heterocycles. The lowest BCUT2D eigenvalue weighted by Crippen LogP contribution is -1.92. The Morgan fingerprint density at radius 2 is 1.74 bits per heavy atom. The minimum absolute atomic E-state index is 0.622. The first kappa shape index (κ1) is 14.9. The van der Waals surface area contributed by atoms with Crippen LogP contribution in [0.5, 0.6) is 11.5 Å². The van der Waals surface area contributed by atoms with Crippen LogP contribution in [0, 0.1) is 0 Å². The molecule has 0 spiro atoms. The van der Waals surface area contributed by atoms with Gasteiger partial charge >= 0.3 is 0 Å². The van der Waals surface area contributed by atoms with Gasteiger partial charge in [0.1, 0.15) is 5.82 Å². The lowest BCUT2D eigenvalue weighted by atomic mass is 10.1. The molecule has 0 aliphatic heterocycles. The zero-order valence-corrected chi connectivity index (χ0v) is 13.0. The number of benzene rings is 2. The van der Waals surface area contributed by atoms with E-state index in [-0.39, 0.29) is 0 Å². The molecule has 0 saturated carbocycles. The summed E-state index contributed by atoms with van der Waals surface area (Å²) in [4.78, 5) is 4.53. The van der Waals surface area contributed by atoms with E-state index in [2.05, 4.69) is 15.2 Å². The summed E-state index contributed by atoms with van der Waals surface area (Å²) in [5, 5.41) is 7.24. The summed E-state index contributed by atoms with van der Waals surface area (Å²) in [5.74, 6) is 2.74. The normalized spacial score (nSPS) is 10.5. The maximum atomic E-state index is 5.69. The highest BCUT2D eigenvalue weighted by Crippen LogP contribution is 2.31. The number of anilines is 1. The third-order valence-electron chi connectivity index (χ3n) is 3.52. The number of nitrogens with zero attached hydrogens (tertiary/aromatic N) is 2. The molecule has 0 bridgehead atoms. The van der Waals surface area contributed by atoms with Gasteiger partial charge in [0.15, 0.2) is 17.3 Å². The zero-order valence-electron chi connectivity index (χ0n) is 13.0. The van der Waals surface area contributed by atoms with Crippen molar-refractivity contribution in [1.82, 2.24) is 15.2 Å². The highest BCUT2D eigenvalue weighted by atomic mass is 16.5. The Morgan fingerprint density at radius 1 is 1.00 bits per heavy atom. The first-order valence-electron chi connectivity index (χ1n) is 7.17. The van der Waals surface area contributed by atoms with Crippen LogP contribution in [0.25, 0.3) is 11.4 Å². The van der Waals surface area contributed by atoms with Crippen LogP contribution < -0.4 is 15.2 Å². The molecular formula is C17H18N4O2. The van der Waals surface area contributed by atoms with E-state index < -0.39 is 0 Å². The topological polar surface area (TPSA) is 86.0 Å². The molecule has 0 amide bonds. The minimum Gasteiger partial charge on any atom is -0.493 e. The summed E-state index contributed by atoms with van der Waals surface area (Å²) >= 11 is 0. The van der Waals surface area contributed by atoms with E-state index in [9.17, 15) is 0 Å². The predicted octanol–water partition coefficient (Wildman–Crippen LogP) is 2.66. The molecule has 2 aromatic carbocycles. The number of nitrogens with one attached hydrogen (secondary N) is 1. The van der Waals surface area contributed by atoms with Gasteiger partial charge in [0.05, 0.1) is 14.2 Å². The van der Waals surface area contributed by atoms with E-state index in [4.69, 9.17) is 15.2 Å². The Hall–Kier alpha value is -3.02. The molecule has 0 fully saturated rings. The smallest absolute Gasteiger partial charge is 0.181 e. The Balaban J connectivity index is 1.82. The molecule has 0 aliphatic rings. The number of rotatable bonds is 5. The fraction of sp³-hybridized carbons (Fsp3) is 0.176. The quantitative estimate of drug-likeness (QED) is 0.708. The maximum absolute atomic E-state index is 5.69. The van der Waals surface area contributed by atoms with Crippen LogP contribution in [0.1, 0.15) is 11.4 Å². The van der Waals surface area contributed by atoms with E-state index in [1.165, 1.54) is 0 Å². The average molecular weight is 310 g/mol. The molecule has 3 N–H and O–H groups in total. The number of methoxy groups -OCH3 is 2. The predicted molar refractivity (Wildman–Crippen MR) is 88.6 cm³/mol. The standard InChI is InChI=1S/C17H18N4O2/c1-22-14-8-5-12(10-15(14)23-2)17-19-16(20-21-17)9-11-3-6-13(18)7-4-11/h3-8,10H,9,18H2,1-2H3,(H,19,20,21). The van der Waals surface area contributed by atoms with Crippen LogP contribution in [0.3, 0.4) is 0 Å². The summed E-state index contributed by atoms with van der Waals surface area (Å²) in [6, 6.07) is 13.3. The molecule has 0 aliphatic carbocycles. The Kier molecular flexibility index (Phi) is 4.14. The molecule has 6 heteroatoms. The summed E-state index contributed by atoms with van der Waals surface area (Å²) < 4.78 is 10.5. The van der Waals surface area contributed by atoms with E-state index in [1.54, 1.807) is 14.2 Å². The van der Waals surface area contributed by atoms with Crippen LogP contribution in [-0.4, -0.2) is 29.4 Å². The first-order valence-corrected chi connectivity index (χ1v) is 7.17. The Bertz CT molecular complexity index is 797. The van der Waals surface area contributed by atoms with Gasteiger partial charge in [-0.15, -0.1) is 0 Å². The largest absolute Gasteiger partial charge is 0.493 e. The molecule has 0 atom stereocenters. The third kappa shape index (κ3) is 3.26. The molecular weight excluding hydrogens is 292 g/mol. The number of H-pyrrole nitrogens is 1. The monoisotopic (exact) mass is 310 g/mol. The van der Waals surface area contributed by atoms with Crippen LogP contribution in [0.2, 0.25) is 0 Å². The second-order valence-electron chi connectivity index (χ2n) is 5.09. The van der Waals surface area contributed by atoms with Gasteiger partial charge in [0, 0.05) is 17.7 Å². The highest BCUT2D eigenvalue weighted by Gasteiger charge is 2.10. The average Bonchev–Trinajstić information content (AvgIpc) is 3.05. The van der Waals surface area contributed by atoms with Crippen molar-refractivity contribution in [1.29, 1.82) is 0 Å². The molecule has 0 radical (unpaired) electrons. The summed E-state index contributed by atoms with van der Waals surface area (Å²) in [5.41, 5.74) is 8.42. The number of hydrogen-bond acceptors (Lipinski definition) is 5. The van der Waals surface area contributed by atoms with E-state index in [0.717, 1.165) is 22.6 Å². The molecule has 3 rings (SSSR count). The molecule has 23 heavy (non-hydrogen) atoms. The molecule has 0 unspecified atom stereocenters. The van der Waals surface area contributed by atoms with Crippen LogP contribution >= 0.6 is 0 Å². The molecule has 3 aromatic rings. The number of nitrogen functional groups attached to an aromatic ring is 1.